The molecule has 0 aliphatic heterocycles. The van der Waals surface area contributed by atoms with Gasteiger partial charge in [0.15, 0.2) is 0 Å². The van der Waals surface area contributed by atoms with E-state index < -0.39 is 0 Å². The zero-order valence-corrected chi connectivity index (χ0v) is 23.0. The van der Waals surface area contributed by atoms with Crippen LogP contribution in [0.1, 0.15) is 46.0 Å². The topological polar surface area (TPSA) is 119 Å². The number of aldehydes is 1. The summed E-state index contributed by atoms with van der Waals surface area (Å²) in [7, 11) is 0. The van der Waals surface area contributed by atoms with Crippen LogP contribution in [-0.4, -0.2) is 128 Å². The maximum Gasteiger partial charge on any atom is 0.225 e. The number of nitrogens with zero attached hydrogens (tertiary/aromatic N) is 1. The Labute approximate surface area is 222 Å². The van der Waals surface area contributed by atoms with Crippen molar-refractivity contribution in [1.82, 2.24) is 4.90 Å². The molecule has 0 atom stereocenters. The van der Waals surface area contributed by atoms with Crippen LogP contribution < -0.4 is 0 Å². The van der Waals surface area contributed by atoms with Gasteiger partial charge >= 0.3 is 0 Å². The number of ketones is 1. The number of amides is 1. The van der Waals surface area contributed by atoms with Gasteiger partial charge in [0, 0.05) is 45.8 Å². The molecule has 0 aromatic rings. The Balaban J connectivity index is 4.01. The Hall–Kier alpha value is -1.47. The van der Waals surface area contributed by atoms with Crippen LogP contribution in [-0.2, 0) is 47.5 Å². The second-order valence-corrected chi connectivity index (χ2v) is 8.12. The van der Waals surface area contributed by atoms with Crippen molar-refractivity contribution in [2.45, 2.75) is 46.0 Å². The first-order valence-corrected chi connectivity index (χ1v) is 13.4. The van der Waals surface area contributed by atoms with Crippen LogP contribution in [0.3, 0.4) is 0 Å². The average molecular weight is 536 g/mol. The van der Waals surface area contributed by atoms with Gasteiger partial charge in [0.2, 0.25) is 5.91 Å². The van der Waals surface area contributed by atoms with Crippen molar-refractivity contribution >= 4 is 18.0 Å². The molecule has 0 saturated carbocycles. The fourth-order valence-corrected chi connectivity index (χ4v) is 2.95. The van der Waals surface area contributed by atoms with E-state index in [1.54, 1.807) is 11.8 Å². The summed E-state index contributed by atoms with van der Waals surface area (Å²) >= 11 is 0. The zero-order valence-electron chi connectivity index (χ0n) is 23.0. The molecule has 0 aliphatic rings. The van der Waals surface area contributed by atoms with E-state index in [4.69, 9.17) is 33.2 Å². The van der Waals surface area contributed by atoms with Gasteiger partial charge in [-0.05, 0) is 26.7 Å². The summed E-state index contributed by atoms with van der Waals surface area (Å²) in [6.07, 6.45) is 3.50. The van der Waals surface area contributed by atoms with Gasteiger partial charge < -0.3 is 47.6 Å². The van der Waals surface area contributed by atoms with Gasteiger partial charge in [-0.25, -0.2) is 0 Å². The second-order valence-electron chi connectivity index (χ2n) is 8.12. The Morgan fingerprint density at radius 2 is 1.05 bits per heavy atom. The third kappa shape index (κ3) is 27.4. The first-order valence-electron chi connectivity index (χ1n) is 13.4. The molecule has 0 heterocycles. The largest absolute Gasteiger partial charge is 0.380 e. The number of ether oxygens (including phenoxy) is 7. The molecule has 0 spiro atoms. The Morgan fingerprint density at radius 3 is 1.59 bits per heavy atom. The van der Waals surface area contributed by atoms with Crippen LogP contribution in [0.25, 0.3) is 0 Å². The molecule has 0 unspecified atom stereocenters. The molecular formula is C26H49NO10. The standard InChI is InChI=1S/C26H49NO10/c1-3-31-17-18-36-23-24-37-22-20-34-14-8-26(30)27(9-15-32-13-6-7-25(2)29)10-16-35-21-19-33-12-5-4-11-28/h11H,3-10,12-24H2,1-2H3. The SMILES string of the molecule is CCOCCOCCOCCOCCC(=O)N(CCOCCCC(C)=O)CCOCCOCCCC=O. The van der Waals surface area contributed by atoms with Crippen LogP contribution in [0, 0.1) is 0 Å². The summed E-state index contributed by atoms with van der Waals surface area (Å²) in [4.78, 5) is 35.7. The van der Waals surface area contributed by atoms with Crippen LogP contribution in [0.4, 0.5) is 0 Å². The molecule has 11 heteroatoms. The highest BCUT2D eigenvalue weighted by Gasteiger charge is 2.13. The average Bonchev–Trinajstić information content (AvgIpc) is 2.88. The van der Waals surface area contributed by atoms with Crippen LogP contribution in [0.5, 0.6) is 0 Å². The molecule has 0 fully saturated rings. The smallest absolute Gasteiger partial charge is 0.225 e. The minimum atomic E-state index is -0.0373. The number of hydrogen-bond acceptors (Lipinski definition) is 10. The third-order valence-corrected chi connectivity index (χ3v) is 4.94. The van der Waals surface area contributed by atoms with Crippen molar-refractivity contribution in [2.24, 2.45) is 0 Å². The van der Waals surface area contributed by atoms with E-state index in [1.165, 1.54) is 0 Å². The van der Waals surface area contributed by atoms with E-state index >= 15 is 0 Å². The zero-order chi connectivity index (χ0) is 27.2. The monoisotopic (exact) mass is 535 g/mol. The van der Waals surface area contributed by atoms with Crippen LogP contribution in [0.15, 0.2) is 0 Å². The van der Waals surface area contributed by atoms with Gasteiger partial charge in [0.25, 0.3) is 0 Å². The Kier molecular flexibility index (Phi) is 27.9. The summed E-state index contributed by atoms with van der Waals surface area (Å²) in [6, 6.07) is 0. The lowest BCUT2D eigenvalue weighted by Crippen LogP contribution is -2.37. The Morgan fingerprint density at radius 1 is 0.595 bits per heavy atom. The number of Topliss-reactive ketones (excluding diaryl/α,β-unsaturated/α-hetero) is 1. The van der Waals surface area contributed by atoms with Crippen molar-refractivity contribution in [2.75, 3.05) is 106 Å². The van der Waals surface area contributed by atoms with Crippen molar-refractivity contribution in [3.63, 3.8) is 0 Å². The van der Waals surface area contributed by atoms with Gasteiger partial charge in [-0.1, -0.05) is 0 Å². The number of unbranched alkanes of at least 4 members (excludes halogenated alkanes) is 1. The molecule has 0 aromatic heterocycles. The van der Waals surface area contributed by atoms with Gasteiger partial charge in [-0.2, -0.15) is 0 Å². The number of hydrogen-bond donors (Lipinski definition) is 0. The first kappa shape index (κ1) is 35.5. The maximum absolute atomic E-state index is 12.7. The van der Waals surface area contributed by atoms with E-state index in [9.17, 15) is 14.4 Å². The highest BCUT2D eigenvalue weighted by Crippen LogP contribution is 1.99. The molecule has 0 aromatic carbocycles. The lowest BCUT2D eigenvalue weighted by atomic mass is 10.2. The van der Waals surface area contributed by atoms with E-state index in [0.29, 0.717) is 131 Å². The molecular weight excluding hydrogens is 486 g/mol. The lowest BCUT2D eigenvalue weighted by Gasteiger charge is -2.23. The highest BCUT2D eigenvalue weighted by molar-refractivity contribution is 5.76. The number of carbonyl (C=O) groups is 3. The van der Waals surface area contributed by atoms with E-state index in [-0.39, 0.29) is 18.1 Å². The molecule has 0 saturated heterocycles. The molecule has 1 amide bonds. The summed E-state index contributed by atoms with van der Waals surface area (Å²) in [5.74, 6) is 0.103. The summed E-state index contributed by atoms with van der Waals surface area (Å²) in [5, 5.41) is 0. The molecule has 0 N–H and O–H groups in total. The highest BCUT2D eigenvalue weighted by atomic mass is 16.6. The van der Waals surface area contributed by atoms with Crippen molar-refractivity contribution in [3.8, 4) is 0 Å². The normalized spacial score (nSPS) is 11.1. The van der Waals surface area contributed by atoms with Gasteiger partial charge in [-0.15, -0.1) is 0 Å². The van der Waals surface area contributed by atoms with Gasteiger partial charge in [0.05, 0.1) is 79.1 Å². The van der Waals surface area contributed by atoms with Gasteiger partial charge in [0.1, 0.15) is 12.1 Å². The minimum absolute atomic E-state index is 0.0373. The van der Waals surface area contributed by atoms with E-state index in [1.807, 2.05) is 6.92 Å². The first-order chi connectivity index (χ1) is 18.1. The molecule has 0 bridgehead atoms. The molecule has 0 rings (SSSR count). The van der Waals surface area contributed by atoms with Crippen LogP contribution >= 0.6 is 0 Å². The summed E-state index contributed by atoms with van der Waals surface area (Å²) in [6.45, 7) is 11.0. The van der Waals surface area contributed by atoms with Crippen molar-refractivity contribution in [1.29, 1.82) is 0 Å². The van der Waals surface area contributed by atoms with Crippen LogP contribution in [0.2, 0.25) is 0 Å². The lowest BCUT2D eigenvalue weighted by molar-refractivity contribution is -0.134. The number of carbonyl (C=O) groups excluding carboxylic acids is 3. The summed E-state index contributed by atoms with van der Waals surface area (Å²) < 4.78 is 38.1. The molecule has 0 aliphatic carbocycles. The second kappa shape index (κ2) is 29.1. The molecule has 0 radical (unpaired) electrons. The predicted molar refractivity (Wildman–Crippen MR) is 138 cm³/mol. The van der Waals surface area contributed by atoms with Crippen molar-refractivity contribution < 1.29 is 47.5 Å². The third-order valence-electron chi connectivity index (χ3n) is 4.94. The van der Waals surface area contributed by atoms with Crippen molar-refractivity contribution in [3.05, 3.63) is 0 Å². The van der Waals surface area contributed by atoms with E-state index in [0.717, 1.165) is 6.29 Å². The summed E-state index contributed by atoms with van der Waals surface area (Å²) in [5.41, 5.74) is 0. The fraction of sp³-hybridized carbons (Fsp3) is 0.885. The minimum Gasteiger partial charge on any atom is -0.380 e. The predicted octanol–water partition coefficient (Wildman–Crippen LogP) is 1.69. The molecule has 218 valence electrons. The van der Waals surface area contributed by atoms with E-state index in [2.05, 4.69) is 0 Å². The Bertz CT molecular complexity index is 535. The quantitative estimate of drug-likeness (QED) is 0.0993. The van der Waals surface area contributed by atoms with Gasteiger partial charge in [-0.3, -0.25) is 4.79 Å². The maximum atomic E-state index is 12.7. The number of rotatable bonds is 30. The molecule has 37 heavy (non-hydrogen) atoms. The fourth-order valence-electron chi connectivity index (χ4n) is 2.95. The molecule has 11 nitrogen and oxygen atoms in total.